The summed E-state index contributed by atoms with van der Waals surface area (Å²) in [6, 6.07) is -3.14. The van der Waals surface area contributed by atoms with Crippen molar-refractivity contribution in [3.8, 4) is 0 Å². The fraction of sp³-hybridized carbons (Fsp3) is 0.733. The first kappa shape index (κ1) is 23.2. The molecule has 0 saturated heterocycles. The van der Waals surface area contributed by atoms with Crippen molar-refractivity contribution in [3.05, 3.63) is 0 Å². The van der Waals surface area contributed by atoms with Gasteiger partial charge in [-0.05, 0) is 30.8 Å². The Labute approximate surface area is 151 Å². The molecule has 7 N–H and O–H groups in total. The maximum absolute atomic E-state index is 12.3. The van der Waals surface area contributed by atoms with Gasteiger partial charge in [0.25, 0.3) is 0 Å². The van der Waals surface area contributed by atoms with Crippen molar-refractivity contribution in [3.63, 3.8) is 0 Å². The molecule has 0 aromatic carbocycles. The maximum atomic E-state index is 12.3. The zero-order valence-corrected chi connectivity index (χ0v) is 15.6. The van der Waals surface area contributed by atoms with Crippen LogP contribution in [0, 0.1) is 5.92 Å². The van der Waals surface area contributed by atoms with E-state index in [1.54, 1.807) is 0 Å². The van der Waals surface area contributed by atoms with E-state index >= 15 is 0 Å². The summed E-state index contributed by atoms with van der Waals surface area (Å²) in [6.45, 7) is 3.85. The molecule has 0 bridgehead atoms. The van der Waals surface area contributed by atoms with Crippen molar-refractivity contribution in [2.45, 2.75) is 51.2 Å². The van der Waals surface area contributed by atoms with E-state index in [4.69, 9.17) is 16.6 Å². The number of hydrogen-bond donors (Lipinski definition) is 5. The molecule has 0 spiro atoms. The van der Waals surface area contributed by atoms with Crippen LogP contribution in [0.15, 0.2) is 0 Å². The second-order valence-corrected chi connectivity index (χ2v) is 7.13. The molecule has 10 heteroatoms. The Morgan fingerprint density at radius 2 is 1.64 bits per heavy atom. The zero-order valence-electron chi connectivity index (χ0n) is 14.8. The van der Waals surface area contributed by atoms with Gasteiger partial charge in [0.2, 0.25) is 17.7 Å². The number of carbonyl (C=O) groups is 4. The summed E-state index contributed by atoms with van der Waals surface area (Å²) in [5.41, 5.74) is 10.8. The van der Waals surface area contributed by atoms with Gasteiger partial charge in [-0.3, -0.25) is 14.4 Å². The average molecular weight is 376 g/mol. The molecule has 0 fully saturated rings. The van der Waals surface area contributed by atoms with E-state index in [1.165, 1.54) is 11.8 Å². The number of hydrogen-bond acceptors (Lipinski definition) is 6. The Kier molecular flexibility index (Phi) is 10.8. The Bertz CT molecular complexity index is 487. The number of primary amides is 1. The van der Waals surface area contributed by atoms with Crippen molar-refractivity contribution in [1.82, 2.24) is 10.6 Å². The van der Waals surface area contributed by atoms with Crippen LogP contribution in [0.5, 0.6) is 0 Å². The third kappa shape index (κ3) is 9.92. The molecule has 3 unspecified atom stereocenters. The van der Waals surface area contributed by atoms with Crippen LogP contribution in [-0.2, 0) is 19.2 Å². The number of thioether (sulfide) groups is 1. The van der Waals surface area contributed by atoms with Crippen LogP contribution < -0.4 is 22.1 Å². The Morgan fingerprint density at radius 3 is 2.08 bits per heavy atom. The van der Waals surface area contributed by atoms with Gasteiger partial charge < -0.3 is 27.2 Å². The minimum Gasteiger partial charge on any atom is -0.480 e. The third-order valence-electron chi connectivity index (χ3n) is 3.33. The number of rotatable bonds is 12. The van der Waals surface area contributed by atoms with Crippen LogP contribution >= 0.6 is 11.8 Å². The summed E-state index contributed by atoms with van der Waals surface area (Å²) < 4.78 is 0. The third-order valence-corrected chi connectivity index (χ3v) is 3.97. The summed E-state index contributed by atoms with van der Waals surface area (Å²) in [5, 5.41) is 13.9. The first-order chi connectivity index (χ1) is 11.6. The molecule has 0 aromatic heterocycles. The van der Waals surface area contributed by atoms with Crippen molar-refractivity contribution >= 4 is 35.5 Å². The van der Waals surface area contributed by atoms with E-state index in [0.717, 1.165) is 0 Å². The number of aliphatic carboxylic acids is 1. The fourth-order valence-corrected chi connectivity index (χ4v) is 2.54. The molecule has 0 heterocycles. The van der Waals surface area contributed by atoms with Crippen molar-refractivity contribution in [1.29, 1.82) is 0 Å². The largest absolute Gasteiger partial charge is 0.480 e. The fourth-order valence-electron chi connectivity index (χ4n) is 2.07. The van der Waals surface area contributed by atoms with Crippen LogP contribution in [0.1, 0.15) is 33.1 Å². The number of amides is 3. The molecular weight excluding hydrogens is 348 g/mol. The van der Waals surface area contributed by atoms with Gasteiger partial charge in [0.15, 0.2) is 0 Å². The molecule has 0 aliphatic carbocycles. The molecule has 0 aliphatic rings. The lowest BCUT2D eigenvalue weighted by molar-refractivity contribution is -0.143. The summed E-state index contributed by atoms with van der Waals surface area (Å²) in [7, 11) is 0. The highest BCUT2D eigenvalue weighted by molar-refractivity contribution is 7.98. The Balaban J connectivity index is 4.98. The summed E-state index contributed by atoms with van der Waals surface area (Å²) >= 11 is 1.48. The minimum atomic E-state index is -1.44. The molecule has 3 atom stereocenters. The van der Waals surface area contributed by atoms with Crippen LogP contribution in [0.2, 0.25) is 0 Å². The molecule has 0 aromatic rings. The van der Waals surface area contributed by atoms with Gasteiger partial charge in [0.05, 0.1) is 12.5 Å². The van der Waals surface area contributed by atoms with Crippen molar-refractivity contribution in [2.75, 3.05) is 12.0 Å². The van der Waals surface area contributed by atoms with Crippen molar-refractivity contribution < 1.29 is 24.3 Å². The lowest BCUT2D eigenvalue weighted by Crippen LogP contribution is -2.55. The quantitative estimate of drug-likeness (QED) is 0.293. The summed E-state index contributed by atoms with van der Waals surface area (Å²) in [4.78, 5) is 46.5. The number of carboxylic acids is 1. The highest BCUT2D eigenvalue weighted by atomic mass is 32.2. The minimum absolute atomic E-state index is 0.214. The van der Waals surface area contributed by atoms with E-state index in [-0.39, 0.29) is 5.92 Å². The van der Waals surface area contributed by atoms with Gasteiger partial charge in [-0.1, -0.05) is 13.8 Å². The molecule has 0 rings (SSSR count). The molecule has 144 valence electrons. The van der Waals surface area contributed by atoms with Crippen LogP contribution in [0.25, 0.3) is 0 Å². The number of carbonyl (C=O) groups excluding carboxylic acids is 3. The normalized spacial score (nSPS) is 14.4. The average Bonchev–Trinajstić information content (AvgIpc) is 2.48. The monoisotopic (exact) mass is 376 g/mol. The Morgan fingerprint density at radius 1 is 1.08 bits per heavy atom. The topological polar surface area (TPSA) is 165 Å². The molecule has 0 radical (unpaired) electrons. The van der Waals surface area contributed by atoms with E-state index in [2.05, 4.69) is 10.6 Å². The van der Waals surface area contributed by atoms with Crippen LogP contribution in [0.3, 0.4) is 0 Å². The lowest BCUT2D eigenvalue weighted by Gasteiger charge is -2.23. The second kappa shape index (κ2) is 11.7. The molecule has 0 saturated carbocycles. The molecular formula is C15H28N4O5S. The predicted octanol–water partition coefficient (Wildman–Crippen LogP) is -0.957. The maximum Gasteiger partial charge on any atom is 0.326 e. The summed E-state index contributed by atoms with van der Waals surface area (Å²) in [6.07, 6.45) is 2.07. The standard InChI is InChI=1S/C15H28N4O5S/c1-8(2)6-9(16)13(21)18-10(4-5-25-3)14(22)19-11(15(23)24)7-12(17)20/h8-11H,4-7,16H2,1-3H3,(H2,17,20)(H,18,21)(H,19,22)(H,23,24). The van der Waals surface area contributed by atoms with E-state index in [9.17, 15) is 19.2 Å². The van der Waals surface area contributed by atoms with Gasteiger partial charge in [-0.2, -0.15) is 11.8 Å². The van der Waals surface area contributed by atoms with Crippen LogP contribution in [-0.4, -0.2) is 58.9 Å². The number of nitrogens with two attached hydrogens (primary N) is 2. The predicted molar refractivity (Wildman–Crippen MR) is 95.7 cm³/mol. The van der Waals surface area contributed by atoms with Gasteiger partial charge in [-0.25, -0.2) is 4.79 Å². The van der Waals surface area contributed by atoms with E-state index in [1.807, 2.05) is 20.1 Å². The smallest absolute Gasteiger partial charge is 0.326 e. The van der Waals surface area contributed by atoms with Crippen molar-refractivity contribution in [2.24, 2.45) is 17.4 Å². The highest BCUT2D eigenvalue weighted by Gasteiger charge is 2.28. The molecule has 3 amide bonds. The first-order valence-corrected chi connectivity index (χ1v) is 9.34. The van der Waals surface area contributed by atoms with E-state index in [0.29, 0.717) is 18.6 Å². The zero-order chi connectivity index (χ0) is 19.6. The number of nitrogens with one attached hydrogen (secondary N) is 2. The van der Waals surface area contributed by atoms with E-state index < -0.39 is 48.2 Å². The molecule has 25 heavy (non-hydrogen) atoms. The number of carboxylic acid groups (broad SMARTS) is 1. The van der Waals surface area contributed by atoms with Gasteiger partial charge in [0, 0.05) is 0 Å². The second-order valence-electron chi connectivity index (χ2n) is 6.15. The summed E-state index contributed by atoms with van der Waals surface area (Å²) in [5.74, 6) is -2.60. The van der Waals surface area contributed by atoms with Crippen LogP contribution in [0.4, 0.5) is 0 Å². The van der Waals surface area contributed by atoms with Gasteiger partial charge >= 0.3 is 5.97 Å². The SMILES string of the molecule is CSCCC(NC(=O)C(N)CC(C)C)C(=O)NC(CC(N)=O)C(=O)O. The lowest BCUT2D eigenvalue weighted by atomic mass is 10.0. The van der Waals surface area contributed by atoms with Gasteiger partial charge in [-0.15, -0.1) is 0 Å². The Hall–Kier alpha value is -1.81. The first-order valence-electron chi connectivity index (χ1n) is 7.94. The molecule has 9 nitrogen and oxygen atoms in total. The highest BCUT2D eigenvalue weighted by Crippen LogP contribution is 2.06. The molecule has 0 aliphatic heterocycles. The van der Waals surface area contributed by atoms with Gasteiger partial charge in [0.1, 0.15) is 12.1 Å².